The van der Waals surface area contributed by atoms with Crippen LogP contribution in [0.15, 0.2) is 16.0 Å². The maximum atomic E-state index is 12.4. The number of hydrogen-bond acceptors (Lipinski definition) is 3. The van der Waals surface area contributed by atoms with Crippen molar-refractivity contribution in [3.63, 3.8) is 0 Å². The summed E-state index contributed by atoms with van der Waals surface area (Å²) in [6.45, 7) is 3.26. The minimum Gasteiger partial charge on any atom is -0.327 e. The van der Waals surface area contributed by atoms with E-state index in [0.29, 0.717) is 23.6 Å². The van der Waals surface area contributed by atoms with E-state index in [-0.39, 0.29) is 5.03 Å². The van der Waals surface area contributed by atoms with Crippen molar-refractivity contribution in [2.75, 3.05) is 13.1 Å². The summed E-state index contributed by atoms with van der Waals surface area (Å²) in [5, 5.41) is 0.120. The van der Waals surface area contributed by atoms with Crippen LogP contribution in [-0.4, -0.2) is 35.4 Å². The Balaban J connectivity index is 2.33. The molecular formula is C10H16BrN3O2S. The molecule has 2 heterocycles. The van der Waals surface area contributed by atoms with E-state index in [1.54, 1.807) is 11.6 Å². The van der Waals surface area contributed by atoms with Gasteiger partial charge in [-0.05, 0) is 34.7 Å². The number of halogens is 1. The predicted octanol–water partition coefficient (Wildman–Crippen LogP) is 1.60. The third kappa shape index (κ3) is 2.41. The van der Waals surface area contributed by atoms with Gasteiger partial charge in [0, 0.05) is 20.1 Å². The zero-order valence-electron chi connectivity index (χ0n) is 9.93. The van der Waals surface area contributed by atoms with Crippen LogP contribution in [0.3, 0.4) is 0 Å². The Kier molecular flexibility index (Phi) is 3.61. The first-order chi connectivity index (χ1) is 7.93. The molecule has 1 aliphatic heterocycles. The molecule has 7 heteroatoms. The number of sulfonamides is 1. The van der Waals surface area contributed by atoms with Crippen LogP contribution < -0.4 is 0 Å². The summed E-state index contributed by atoms with van der Waals surface area (Å²) in [7, 11) is -1.69. The van der Waals surface area contributed by atoms with E-state index in [2.05, 4.69) is 27.8 Å². The van der Waals surface area contributed by atoms with E-state index < -0.39 is 10.0 Å². The van der Waals surface area contributed by atoms with Crippen molar-refractivity contribution >= 4 is 26.0 Å². The van der Waals surface area contributed by atoms with Crippen LogP contribution >= 0.6 is 15.9 Å². The van der Waals surface area contributed by atoms with Crippen molar-refractivity contribution in [2.24, 2.45) is 13.0 Å². The summed E-state index contributed by atoms with van der Waals surface area (Å²) < 4.78 is 28.5. The predicted molar refractivity (Wildman–Crippen MR) is 68.1 cm³/mol. The molecule has 17 heavy (non-hydrogen) atoms. The van der Waals surface area contributed by atoms with Gasteiger partial charge in [0.2, 0.25) is 5.03 Å². The number of aryl methyl sites for hydroxylation is 1. The SMILES string of the molecule is C[C@@H]1CCCN(S(=O)(=O)c2ncn(C)c2Br)C1. The summed E-state index contributed by atoms with van der Waals surface area (Å²) in [5.41, 5.74) is 0. The molecule has 2 rings (SSSR count). The van der Waals surface area contributed by atoms with Crippen molar-refractivity contribution in [1.82, 2.24) is 13.9 Å². The molecule has 1 atom stereocenters. The molecule has 1 aromatic heterocycles. The van der Waals surface area contributed by atoms with E-state index in [1.165, 1.54) is 10.6 Å². The summed E-state index contributed by atoms with van der Waals surface area (Å²) >= 11 is 3.26. The second kappa shape index (κ2) is 4.70. The second-order valence-electron chi connectivity index (χ2n) is 4.56. The van der Waals surface area contributed by atoms with Crippen LogP contribution in [0.1, 0.15) is 19.8 Å². The molecule has 0 radical (unpaired) electrons. The molecule has 0 amide bonds. The van der Waals surface area contributed by atoms with Crippen molar-refractivity contribution in [2.45, 2.75) is 24.8 Å². The highest BCUT2D eigenvalue weighted by atomic mass is 79.9. The molecule has 1 saturated heterocycles. The van der Waals surface area contributed by atoms with Gasteiger partial charge in [-0.3, -0.25) is 0 Å². The lowest BCUT2D eigenvalue weighted by Gasteiger charge is -2.29. The van der Waals surface area contributed by atoms with Crippen LogP contribution in [0.25, 0.3) is 0 Å². The Bertz CT molecular complexity index is 512. The number of aromatic nitrogens is 2. The fourth-order valence-electron chi connectivity index (χ4n) is 2.05. The van der Waals surface area contributed by atoms with Crippen molar-refractivity contribution in [3.05, 3.63) is 10.9 Å². The van der Waals surface area contributed by atoms with Gasteiger partial charge in [-0.1, -0.05) is 6.92 Å². The maximum absolute atomic E-state index is 12.4. The van der Waals surface area contributed by atoms with E-state index in [4.69, 9.17) is 0 Å². The maximum Gasteiger partial charge on any atom is 0.263 e. The molecule has 0 saturated carbocycles. The Labute approximate surface area is 110 Å². The third-order valence-corrected chi connectivity index (χ3v) is 6.03. The lowest BCUT2D eigenvalue weighted by atomic mass is 10.0. The largest absolute Gasteiger partial charge is 0.327 e. The standard InChI is InChI=1S/C10H16BrN3O2S/c1-8-4-3-5-14(6-8)17(15,16)10-9(11)13(2)7-12-10/h7-8H,3-6H2,1-2H3/t8-/m1/s1. The average Bonchev–Trinajstić information content (AvgIpc) is 2.60. The monoisotopic (exact) mass is 321 g/mol. The summed E-state index contributed by atoms with van der Waals surface area (Å²) in [5.74, 6) is 0.418. The van der Waals surface area contributed by atoms with Crippen LogP contribution in [0.4, 0.5) is 0 Å². The van der Waals surface area contributed by atoms with Gasteiger partial charge in [0.25, 0.3) is 10.0 Å². The minimum atomic E-state index is -3.45. The zero-order chi connectivity index (χ0) is 12.6. The van der Waals surface area contributed by atoms with Crippen LogP contribution in [-0.2, 0) is 17.1 Å². The van der Waals surface area contributed by atoms with Crippen molar-refractivity contribution in [3.8, 4) is 0 Å². The summed E-state index contributed by atoms with van der Waals surface area (Å²) in [6, 6.07) is 0. The number of imidazole rings is 1. The molecule has 0 N–H and O–H groups in total. The summed E-state index contributed by atoms with van der Waals surface area (Å²) in [6.07, 6.45) is 3.52. The number of hydrogen-bond donors (Lipinski definition) is 0. The van der Waals surface area contributed by atoms with Gasteiger partial charge in [-0.15, -0.1) is 0 Å². The van der Waals surface area contributed by atoms with Crippen LogP contribution in [0.5, 0.6) is 0 Å². The zero-order valence-corrected chi connectivity index (χ0v) is 12.3. The average molecular weight is 322 g/mol. The van der Waals surface area contributed by atoms with E-state index in [9.17, 15) is 8.42 Å². The van der Waals surface area contributed by atoms with E-state index >= 15 is 0 Å². The Morgan fingerprint density at radius 3 is 2.76 bits per heavy atom. The summed E-state index contributed by atoms with van der Waals surface area (Å²) in [4.78, 5) is 3.97. The van der Waals surface area contributed by atoms with Gasteiger partial charge >= 0.3 is 0 Å². The molecule has 0 unspecified atom stereocenters. The number of nitrogens with zero attached hydrogens (tertiary/aromatic N) is 3. The molecule has 0 aliphatic carbocycles. The van der Waals surface area contributed by atoms with E-state index in [0.717, 1.165) is 12.8 Å². The number of piperidine rings is 1. The van der Waals surface area contributed by atoms with Gasteiger partial charge in [0.15, 0.2) is 0 Å². The van der Waals surface area contributed by atoms with Crippen LogP contribution in [0, 0.1) is 5.92 Å². The van der Waals surface area contributed by atoms with Gasteiger partial charge in [-0.2, -0.15) is 4.31 Å². The Morgan fingerprint density at radius 1 is 1.53 bits per heavy atom. The van der Waals surface area contributed by atoms with Gasteiger partial charge in [0.05, 0.1) is 6.33 Å². The van der Waals surface area contributed by atoms with Gasteiger partial charge in [0.1, 0.15) is 4.60 Å². The highest BCUT2D eigenvalue weighted by Gasteiger charge is 2.32. The van der Waals surface area contributed by atoms with Gasteiger partial charge < -0.3 is 4.57 Å². The highest BCUT2D eigenvalue weighted by Crippen LogP contribution is 2.26. The Morgan fingerprint density at radius 2 is 2.24 bits per heavy atom. The lowest BCUT2D eigenvalue weighted by molar-refractivity contribution is 0.280. The van der Waals surface area contributed by atoms with Crippen molar-refractivity contribution < 1.29 is 8.42 Å². The smallest absolute Gasteiger partial charge is 0.263 e. The molecule has 1 aromatic rings. The third-order valence-electron chi connectivity index (χ3n) is 3.04. The molecule has 5 nitrogen and oxygen atoms in total. The molecule has 0 aromatic carbocycles. The first-order valence-electron chi connectivity index (χ1n) is 5.60. The quantitative estimate of drug-likeness (QED) is 0.831. The topological polar surface area (TPSA) is 55.2 Å². The highest BCUT2D eigenvalue weighted by molar-refractivity contribution is 9.10. The Hall–Kier alpha value is -0.400. The number of rotatable bonds is 2. The molecule has 96 valence electrons. The first-order valence-corrected chi connectivity index (χ1v) is 7.83. The van der Waals surface area contributed by atoms with Gasteiger partial charge in [-0.25, -0.2) is 13.4 Å². The van der Waals surface area contributed by atoms with E-state index in [1.807, 2.05) is 0 Å². The molecule has 1 fully saturated rings. The van der Waals surface area contributed by atoms with Crippen molar-refractivity contribution in [1.29, 1.82) is 0 Å². The minimum absolute atomic E-state index is 0.120. The molecule has 0 spiro atoms. The molecular weight excluding hydrogens is 306 g/mol. The fraction of sp³-hybridized carbons (Fsp3) is 0.700. The second-order valence-corrected chi connectivity index (χ2v) is 7.17. The normalized spacial score (nSPS) is 22.9. The van der Waals surface area contributed by atoms with Crippen LogP contribution in [0.2, 0.25) is 0 Å². The lowest BCUT2D eigenvalue weighted by Crippen LogP contribution is -2.39. The molecule has 1 aliphatic rings. The molecule has 0 bridgehead atoms. The first kappa shape index (κ1) is 13.0. The fourth-order valence-corrected chi connectivity index (χ4v) is 4.46.